The molecule has 1 unspecified atom stereocenters. The topological polar surface area (TPSA) is 108 Å². The third kappa shape index (κ3) is 5.88. The van der Waals surface area contributed by atoms with Crippen LogP contribution in [0, 0.1) is 0 Å². The number of fused-ring (bicyclic) bond motifs is 1. The van der Waals surface area contributed by atoms with Gasteiger partial charge in [-0.2, -0.15) is 4.98 Å². The van der Waals surface area contributed by atoms with Crippen molar-refractivity contribution >= 4 is 22.9 Å². The van der Waals surface area contributed by atoms with Crippen LogP contribution in [0.5, 0.6) is 5.88 Å². The Balaban J connectivity index is 1.38. The maximum Gasteiger partial charge on any atom is 0.410 e. The van der Waals surface area contributed by atoms with Crippen molar-refractivity contribution in [2.24, 2.45) is 0 Å². The number of ether oxygens (including phenoxy) is 2. The summed E-state index contributed by atoms with van der Waals surface area (Å²) in [6.07, 6.45) is -0.856. The Labute approximate surface area is 192 Å². The highest BCUT2D eigenvalue weighted by Crippen LogP contribution is 2.26. The van der Waals surface area contributed by atoms with Gasteiger partial charge in [0.25, 0.3) is 0 Å². The molecule has 174 valence electrons. The molecule has 33 heavy (non-hydrogen) atoms. The number of aromatic nitrogens is 2. The van der Waals surface area contributed by atoms with Gasteiger partial charge >= 0.3 is 6.09 Å². The van der Waals surface area contributed by atoms with E-state index in [1.807, 2.05) is 59.5 Å². The van der Waals surface area contributed by atoms with Crippen molar-refractivity contribution in [1.29, 1.82) is 0 Å². The molecule has 1 aromatic heterocycles. The Morgan fingerprint density at radius 1 is 1.00 bits per heavy atom. The molecule has 1 atom stereocenters. The maximum atomic E-state index is 12.4. The zero-order valence-corrected chi connectivity index (χ0v) is 18.3. The van der Waals surface area contributed by atoms with Gasteiger partial charge in [-0.25, -0.2) is 9.78 Å². The van der Waals surface area contributed by atoms with E-state index in [2.05, 4.69) is 9.97 Å². The van der Waals surface area contributed by atoms with Crippen molar-refractivity contribution < 1.29 is 24.5 Å². The summed E-state index contributed by atoms with van der Waals surface area (Å²) >= 11 is 0. The van der Waals surface area contributed by atoms with E-state index in [0.717, 1.165) is 16.5 Å². The lowest BCUT2D eigenvalue weighted by Crippen LogP contribution is -2.49. The molecule has 9 heteroatoms. The summed E-state index contributed by atoms with van der Waals surface area (Å²) < 4.78 is 11.3. The third-order valence-electron chi connectivity index (χ3n) is 5.48. The number of benzene rings is 2. The smallest absolute Gasteiger partial charge is 0.410 e. The average Bonchev–Trinajstić information content (AvgIpc) is 2.87. The summed E-state index contributed by atoms with van der Waals surface area (Å²) in [7, 11) is 0. The predicted molar refractivity (Wildman–Crippen MR) is 123 cm³/mol. The molecule has 2 aromatic carbocycles. The quantitative estimate of drug-likeness (QED) is 0.536. The molecular formula is C24H28N4O5. The Morgan fingerprint density at radius 2 is 1.73 bits per heavy atom. The number of aliphatic hydroxyl groups is 2. The molecule has 0 spiro atoms. The van der Waals surface area contributed by atoms with Crippen LogP contribution in [0.3, 0.4) is 0 Å². The molecule has 2 N–H and O–H groups in total. The van der Waals surface area contributed by atoms with Crippen molar-refractivity contribution in [2.75, 3.05) is 44.3 Å². The number of carbonyl (C=O) groups excluding carboxylic acids is 1. The molecule has 1 saturated heterocycles. The van der Waals surface area contributed by atoms with Gasteiger partial charge in [-0.1, -0.05) is 42.5 Å². The minimum Gasteiger partial charge on any atom is -0.477 e. The number of carbonyl (C=O) groups is 1. The van der Waals surface area contributed by atoms with E-state index in [9.17, 15) is 9.90 Å². The standard InChI is InChI=1S/C24H28N4O5/c29-16-19(30)10-15-32-22-20-8-4-5-9-21(20)25-23(26-22)27-11-13-28(14-12-27)24(31)33-17-18-6-2-1-3-7-18/h1-9,19,29-30H,10-17H2. The number of piperazine rings is 1. The van der Waals surface area contributed by atoms with Crippen LogP contribution in [0.15, 0.2) is 54.6 Å². The van der Waals surface area contributed by atoms with E-state index in [1.54, 1.807) is 4.90 Å². The van der Waals surface area contributed by atoms with Crippen molar-refractivity contribution in [3.05, 3.63) is 60.2 Å². The van der Waals surface area contributed by atoms with Crippen molar-refractivity contribution in [3.63, 3.8) is 0 Å². The monoisotopic (exact) mass is 452 g/mol. The van der Waals surface area contributed by atoms with E-state index in [-0.39, 0.29) is 25.9 Å². The highest BCUT2D eigenvalue weighted by atomic mass is 16.6. The number of hydrogen-bond donors (Lipinski definition) is 2. The second-order valence-corrected chi connectivity index (χ2v) is 7.83. The van der Waals surface area contributed by atoms with E-state index in [4.69, 9.17) is 14.6 Å². The molecule has 1 aliphatic heterocycles. The fourth-order valence-corrected chi connectivity index (χ4v) is 3.57. The second-order valence-electron chi connectivity index (χ2n) is 7.83. The Hall–Kier alpha value is -3.43. The normalized spacial score (nSPS) is 14.8. The molecule has 0 radical (unpaired) electrons. The van der Waals surface area contributed by atoms with Crippen LogP contribution in [0.25, 0.3) is 10.9 Å². The molecule has 1 amide bonds. The predicted octanol–water partition coefficient (Wildman–Crippen LogP) is 2.21. The second kappa shape index (κ2) is 10.9. The van der Waals surface area contributed by atoms with E-state index in [1.165, 1.54) is 0 Å². The summed E-state index contributed by atoms with van der Waals surface area (Å²) in [5, 5.41) is 19.3. The fourth-order valence-electron chi connectivity index (χ4n) is 3.57. The molecule has 1 fully saturated rings. The largest absolute Gasteiger partial charge is 0.477 e. The van der Waals surface area contributed by atoms with Crippen LogP contribution in [-0.4, -0.2) is 76.7 Å². The van der Waals surface area contributed by atoms with Gasteiger partial charge in [0.2, 0.25) is 11.8 Å². The van der Waals surface area contributed by atoms with Gasteiger partial charge in [0.1, 0.15) is 6.61 Å². The molecule has 9 nitrogen and oxygen atoms in total. The summed E-state index contributed by atoms with van der Waals surface area (Å²) in [6.45, 7) is 2.31. The van der Waals surface area contributed by atoms with E-state index >= 15 is 0 Å². The number of nitrogens with zero attached hydrogens (tertiary/aromatic N) is 4. The van der Waals surface area contributed by atoms with Crippen LogP contribution in [-0.2, 0) is 11.3 Å². The number of anilines is 1. The zero-order valence-electron chi connectivity index (χ0n) is 18.3. The van der Waals surface area contributed by atoms with Gasteiger partial charge in [-0.05, 0) is 17.7 Å². The van der Waals surface area contributed by atoms with E-state index < -0.39 is 6.10 Å². The van der Waals surface area contributed by atoms with Gasteiger partial charge in [-0.3, -0.25) is 0 Å². The van der Waals surface area contributed by atoms with Gasteiger partial charge in [-0.15, -0.1) is 0 Å². The number of hydrogen-bond acceptors (Lipinski definition) is 8. The van der Waals surface area contributed by atoms with E-state index in [0.29, 0.717) is 44.4 Å². The highest BCUT2D eigenvalue weighted by molar-refractivity contribution is 5.84. The third-order valence-corrected chi connectivity index (χ3v) is 5.48. The SMILES string of the molecule is O=C(OCc1ccccc1)N1CCN(c2nc(OCCC(O)CO)c3ccccc3n2)CC1. The lowest BCUT2D eigenvalue weighted by Gasteiger charge is -2.34. The summed E-state index contributed by atoms with van der Waals surface area (Å²) in [5.41, 5.74) is 1.71. The van der Waals surface area contributed by atoms with Gasteiger partial charge in [0.05, 0.1) is 30.2 Å². The fraction of sp³-hybridized carbons (Fsp3) is 0.375. The maximum absolute atomic E-state index is 12.4. The first-order valence-electron chi connectivity index (χ1n) is 11.0. The Morgan fingerprint density at radius 3 is 2.48 bits per heavy atom. The first-order chi connectivity index (χ1) is 16.1. The Kier molecular flexibility index (Phi) is 7.54. The molecule has 0 aliphatic carbocycles. The molecule has 0 bridgehead atoms. The van der Waals surface area contributed by atoms with Crippen LogP contribution in [0.2, 0.25) is 0 Å². The lowest BCUT2D eigenvalue weighted by atomic mass is 10.2. The average molecular weight is 453 g/mol. The van der Waals surface area contributed by atoms with Crippen LogP contribution >= 0.6 is 0 Å². The van der Waals surface area contributed by atoms with Crippen molar-refractivity contribution in [1.82, 2.24) is 14.9 Å². The highest BCUT2D eigenvalue weighted by Gasteiger charge is 2.24. The number of amides is 1. The zero-order chi connectivity index (χ0) is 23.0. The number of aliphatic hydroxyl groups excluding tert-OH is 2. The Bertz CT molecular complexity index is 1060. The van der Waals surface area contributed by atoms with Crippen molar-refractivity contribution in [2.45, 2.75) is 19.1 Å². The molecule has 0 saturated carbocycles. The first-order valence-corrected chi connectivity index (χ1v) is 11.0. The molecule has 1 aliphatic rings. The molecular weight excluding hydrogens is 424 g/mol. The van der Waals surface area contributed by atoms with Crippen molar-refractivity contribution in [3.8, 4) is 5.88 Å². The first kappa shape index (κ1) is 22.8. The van der Waals surface area contributed by atoms with Gasteiger partial charge in [0, 0.05) is 32.6 Å². The van der Waals surface area contributed by atoms with Crippen LogP contribution in [0.1, 0.15) is 12.0 Å². The number of para-hydroxylation sites is 1. The molecule has 3 aromatic rings. The minimum atomic E-state index is -0.827. The summed E-state index contributed by atoms with van der Waals surface area (Å²) in [6, 6.07) is 17.2. The summed E-state index contributed by atoms with van der Waals surface area (Å²) in [5.74, 6) is 0.967. The van der Waals surface area contributed by atoms with Crippen LogP contribution < -0.4 is 9.64 Å². The van der Waals surface area contributed by atoms with Gasteiger partial charge in [0.15, 0.2) is 0 Å². The molecule has 2 heterocycles. The minimum absolute atomic E-state index is 0.225. The molecule has 4 rings (SSSR count). The van der Waals surface area contributed by atoms with Gasteiger partial charge < -0.3 is 29.5 Å². The summed E-state index contributed by atoms with van der Waals surface area (Å²) in [4.78, 5) is 25.4. The number of rotatable bonds is 8. The lowest BCUT2D eigenvalue weighted by molar-refractivity contribution is 0.0750. The van der Waals surface area contributed by atoms with Crippen LogP contribution in [0.4, 0.5) is 10.7 Å².